The molecule has 1 heterocycles. The van der Waals surface area contributed by atoms with Gasteiger partial charge in [0, 0.05) is 13.1 Å². The molecule has 2 unspecified atom stereocenters. The SMILES string of the molecule is CC1CN(CC(=O)Nc2ccccc2N)CC(CO)O1. The third-order valence-electron chi connectivity index (χ3n) is 3.21. The number of aliphatic hydroxyl groups is 1. The minimum absolute atomic E-state index is 0.00972. The summed E-state index contributed by atoms with van der Waals surface area (Å²) in [6, 6.07) is 7.16. The zero-order valence-electron chi connectivity index (χ0n) is 11.6. The van der Waals surface area contributed by atoms with Crippen LogP contribution in [0.2, 0.25) is 0 Å². The van der Waals surface area contributed by atoms with Gasteiger partial charge >= 0.3 is 0 Å². The molecule has 2 atom stereocenters. The smallest absolute Gasteiger partial charge is 0.238 e. The van der Waals surface area contributed by atoms with Crippen molar-refractivity contribution in [3.63, 3.8) is 0 Å². The van der Waals surface area contributed by atoms with E-state index in [9.17, 15) is 4.79 Å². The number of nitrogen functional groups attached to an aromatic ring is 1. The Kier molecular flexibility index (Phi) is 4.94. The largest absolute Gasteiger partial charge is 0.397 e. The fourth-order valence-electron chi connectivity index (χ4n) is 2.37. The standard InChI is InChI=1S/C14H21N3O3/c1-10-6-17(7-11(9-18)20-10)8-14(19)16-13-5-3-2-4-12(13)15/h2-5,10-11,18H,6-9,15H2,1H3,(H,16,19). The molecule has 110 valence electrons. The van der Waals surface area contributed by atoms with E-state index in [4.69, 9.17) is 15.6 Å². The summed E-state index contributed by atoms with van der Waals surface area (Å²) < 4.78 is 5.54. The molecule has 1 saturated heterocycles. The Labute approximate surface area is 118 Å². The summed E-state index contributed by atoms with van der Waals surface area (Å²) in [6.45, 7) is 3.39. The molecule has 0 spiro atoms. The first-order valence-corrected chi connectivity index (χ1v) is 6.71. The minimum atomic E-state index is -0.228. The molecule has 4 N–H and O–H groups in total. The fourth-order valence-corrected chi connectivity index (χ4v) is 2.37. The van der Waals surface area contributed by atoms with Crippen molar-refractivity contribution in [2.24, 2.45) is 0 Å². The second kappa shape index (κ2) is 6.69. The summed E-state index contributed by atoms with van der Waals surface area (Å²) >= 11 is 0. The highest BCUT2D eigenvalue weighted by molar-refractivity contribution is 5.95. The normalized spacial score (nSPS) is 23.5. The molecule has 1 amide bonds. The lowest BCUT2D eigenvalue weighted by Gasteiger charge is -2.35. The number of rotatable bonds is 4. The van der Waals surface area contributed by atoms with Crippen molar-refractivity contribution in [2.45, 2.75) is 19.1 Å². The number of ether oxygens (including phenoxy) is 1. The Hall–Kier alpha value is -1.63. The van der Waals surface area contributed by atoms with E-state index < -0.39 is 0 Å². The number of carbonyl (C=O) groups excluding carboxylic acids is 1. The molecule has 0 aromatic heterocycles. The number of anilines is 2. The molecule has 6 nitrogen and oxygen atoms in total. The van der Waals surface area contributed by atoms with Crippen LogP contribution in [-0.2, 0) is 9.53 Å². The monoisotopic (exact) mass is 279 g/mol. The van der Waals surface area contributed by atoms with Gasteiger partial charge in [0.15, 0.2) is 0 Å². The van der Waals surface area contributed by atoms with Gasteiger partial charge in [-0.15, -0.1) is 0 Å². The number of amides is 1. The van der Waals surface area contributed by atoms with E-state index in [0.717, 1.165) is 0 Å². The minimum Gasteiger partial charge on any atom is -0.397 e. The van der Waals surface area contributed by atoms with E-state index in [0.29, 0.717) is 24.5 Å². The Bertz CT molecular complexity index is 467. The summed E-state index contributed by atoms with van der Waals surface area (Å²) in [5.41, 5.74) is 6.95. The van der Waals surface area contributed by atoms with Gasteiger partial charge in [-0.2, -0.15) is 0 Å². The Balaban J connectivity index is 1.89. The maximum Gasteiger partial charge on any atom is 0.238 e. The lowest BCUT2D eigenvalue weighted by molar-refractivity contribution is -0.124. The number of nitrogens with one attached hydrogen (secondary N) is 1. The number of nitrogens with zero attached hydrogens (tertiary/aromatic N) is 1. The van der Waals surface area contributed by atoms with Gasteiger partial charge in [0.25, 0.3) is 0 Å². The van der Waals surface area contributed by atoms with Crippen LogP contribution in [0.5, 0.6) is 0 Å². The highest BCUT2D eigenvalue weighted by atomic mass is 16.5. The van der Waals surface area contributed by atoms with Crippen LogP contribution in [0.4, 0.5) is 11.4 Å². The van der Waals surface area contributed by atoms with Crippen molar-refractivity contribution in [3.05, 3.63) is 24.3 Å². The van der Waals surface area contributed by atoms with Crippen LogP contribution in [-0.4, -0.2) is 54.4 Å². The summed E-state index contributed by atoms with van der Waals surface area (Å²) in [5, 5.41) is 12.0. The number of nitrogens with two attached hydrogens (primary N) is 1. The van der Waals surface area contributed by atoms with Crippen LogP contribution in [0.3, 0.4) is 0 Å². The molecule has 1 aromatic rings. The van der Waals surface area contributed by atoms with E-state index >= 15 is 0 Å². The summed E-state index contributed by atoms with van der Waals surface area (Å²) in [4.78, 5) is 14.0. The summed E-state index contributed by atoms with van der Waals surface area (Å²) in [7, 11) is 0. The number of morpholine rings is 1. The van der Waals surface area contributed by atoms with Crippen LogP contribution in [0, 0.1) is 0 Å². The summed E-state index contributed by atoms with van der Waals surface area (Å²) in [5.74, 6) is -0.117. The van der Waals surface area contributed by atoms with Gasteiger partial charge in [-0.3, -0.25) is 9.69 Å². The second-order valence-corrected chi connectivity index (χ2v) is 5.08. The molecule has 0 saturated carbocycles. The van der Waals surface area contributed by atoms with E-state index in [1.54, 1.807) is 12.1 Å². The Morgan fingerprint density at radius 3 is 2.95 bits per heavy atom. The molecule has 1 aromatic carbocycles. The lowest BCUT2D eigenvalue weighted by Crippen LogP contribution is -2.50. The molecule has 1 fully saturated rings. The van der Waals surface area contributed by atoms with Gasteiger partial charge in [0.05, 0.1) is 36.7 Å². The zero-order chi connectivity index (χ0) is 14.5. The number of carbonyl (C=O) groups is 1. The molecule has 2 rings (SSSR count). The molecule has 20 heavy (non-hydrogen) atoms. The molecule has 1 aliphatic rings. The predicted octanol–water partition coefficient (Wildman–Crippen LogP) is 0.289. The zero-order valence-corrected chi connectivity index (χ0v) is 11.6. The number of aliphatic hydroxyl groups excluding tert-OH is 1. The van der Waals surface area contributed by atoms with E-state index in [1.807, 2.05) is 24.0 Å². The summed E-state index contributed by atoms with van der Waals surface area (Å²) in [6.07, 6.45) is -0.219. The third kappa shape index (κ3) is 3.93. The van der Waals surface area contributed by atoms with Gasteiger partial charge in [-0.1, -0.05) is 12.1 Å². The van der Waals surface area contributed by atoms with E-state index in [2.05, 4.69) is 5.32 Å². The first-order valence-electron chi connectivity index (χ1n) is 6.71. The number of hydrogen-bond acceptors (Lipinski definition) is 5. The van der Waals surface area contributed by atoms with Gasteiger partial charge in [-0.05, 0) is 19.1 Å². The van der Waals surface area contributed by atoms with Crippen molar-refractivity contribution >= 4 is 17.3 Å². The molecule has 0 radical (unpaired) electrons. The van der Waals surface area contributed by atoms with Crippen molar-refractivity contribution in [1.82, 2.24) is 4.90 Å². The Morgan fingerprint density at radius 2 is 2.25 bits per heavy atom. The van der Waals surface area contributed by atoms with Crippen LogP contribution < -0.4 is 11.1 Å². The van der Waals surface area contributed by atoms with Crippen LogP contribution >= 0.6 is 0 Å². The third-order valence-corrected chi connectivity index (χ3v) is 3.21. The highest BCUT2D eigenvalue weighted by Gasteiger charge is 2.25. The van der Waals surface area contributed by atoms with Crippen LogP contribution in [0.25, 0.3) is 0 Å². The molecular weight excluding hydrogens is 258 g/mol. The molecule has 1 aliphatic heterocycles. The number of para-hydroxylation sites is 2. The highest BCUT2D eigenvalue weighted by Crippen LogP contribution is 2.17. The predicted molar refractivity (Wildman–Crippen MR) is 77.3 cm³/mol. The average Bonchev–Trinajstić information content (AvgIpc) is 2.40. The van der Waals surface area contributed by atoms with Gasteiger partial charge in [-0.25, -0.2) is 0 Å². The van der Waals surface area contributed by atoms with Crippen LogP contribution in [0.15, 0.2) is 24.3 Å². The van der Waals surface area contributed by atoms with E-state index in [1.165, 1.54) is 0 Å². The van der Waals surface area contributed by atoms with Crippen LogP contribution in [0.1, 0.15) is 6.92 Å². The topological polar surface area (TPSA) is 87.8 Å². The number of benzene rings is 1. The van der Waals surface area contributed by atoms with Crippen molar-refractivity contribution in [1.29, 1.82) is 0 Å². The lowest BCUT2D eigenvalue weighted by atomic mass is 10.2. The quantitative estimate of drug-likeness (QED) is 0.689. The van der Waals surface area contributed by atoms with E-state index in [-0.39, 0.29) is 31.3 Å². The molecule has 0 aliphatic carbocycles. The molecule has 6 heteroatoms. The van der Waals surface area contributed by atoms with Gasteiger partial charge in [0.2, 0.25) is 5.91 Å². The molecular formula is C14H21N3O3. The van der Waals surface area contributed by atoms with Gasteiger partial charge < -0.3 is 20.9 Å². The first-order chi connectivity index (χ1) is 9.58. The van der Waals surface area contributed by atoms with Crippen molar-refractivity contribution < 1.29 is 14.6 Å². The molecule has 0 bridgehead atoms. The van der Waals surface area contributed by atoms with Gasteiger partial charge in [0.1, 0.15) is 0 Å². The fraction of sp³-hybridized carbons (Fsp3) is 0.500. The maximum atomic E-state index is 12.0. The second-order valence-electron chi connectivity index (χ2n) is 5.08. The first kappa shape index (κ1) is 14.8. The van der Waals surface area contributed by atoms with Crippen molar-refractivity contribution in [3.8, 4) is 0 Å². The average molecular weight is 279 g/mol. The Morgan fingerprint density at radius 1 is 1.50 bits per heavy atom. The number of hydrogen-bond donors (Lipinski definition) is 3. The maximum absolute atomic E-state index is 12.0. The van der Waals surface area contributed by atoms with Crippen molar-refractivity contribution in [2.75, 3.05) is 37.3 Å².